The number of nitrogens with two attached hydrogens (primary N) is 1. The molecule has 0 spiro atoms. The first-order valence-corrected chi connectivity index (χ1v) is 5.37. The zero-order chi connectivity index (χ0) is 12.7. The van der Waals surface area contributed by atoms with Crippen molar-refractivity contribution in [2.24, 2.45) is 5.84 Å². The fourth-order valence-corrected chi connectivity index (χ4v) is 1.32. The van der Waals surface area contributed by atoms with E-state index in [1.165, 1.54) is 0 Å². The average molecular weight is 236 g/mol. The lowest BCUT2D eigenvalue weighted by Crippen LogP contribution is -2.30. The summed E-state index contributed by atoms with van der Waals surface area (Å²) >= 11 is 0. The molecule has 3 N–H and O–H groups in total. The molecule has 1 unspecified atom stereocenters. The zero-order valence-corrected chi connectivity index (χ0v) is 9.68. The van der Waals surface area contributed by atoms with Crippen LogP contribution in [0, 0.1) is 0 Å². The minimum atomic E-state index is -0.211. The molecule has 1 rings (SSSR count). The highest BCUT2D eigenvalue weighted by Crippen LogP contribution is 2.14. The van der Waals surface area contributed by atoms with E-state index in [1.54, 1.807) is 24.3 Å². The Morgan fingerprint density at radius 2 is 2.12 bits per heavy atom. The summed E-state index contributed by atoms with van der Waals surface area (Å²) in [5.74, 6) is 5.44. The van der Waals surface area contributed by atoms with Crippen LogP contribution in [0.5, 0.6) is 5.75 Å². The van der Waals surface area contributed by atoms with Gasteiger partial charge in [0, 0.05) is 12.0 Å². The van der Waals surface area contributed by atoms with Crippen LogP contribution in [-0.4, -0.2) is 18.3 Å². The predicted octanol–water partition coefficient (Wildman–Crippen LogP) is 1.04. The summed E-state index contributed by atoms with van der Waals surface area (Å²) in [5, 5.41) is 0. The minimum absolute atomic E-state index is 0.0885. The highest BCUT2D eigenvalue weighted by molar-refractivity contribution is 5.75. The van der Waals surface area contributed by atoms with E-state index in [1.807, 2.05) is 6.92 Å². The highest BCUT2D eigenvalue weighted by atomic mass is 16.5. The molecule has 5 nitrogen and oxygen atoms in total. The van der Waals surface area contributed by atoms with Gasteiger partial charge in [0.1, 0.15) is 12.0 Å². The number of nitrogens with one attached hydrogen (secondary N) is 1. The molecule has 1 aromatic carbocycles. The van der Waals surface area contributed by atoms with Gasteiger partial charge in [0.2, 0.25) is 5.91 Å². The number of carbonyl (C=O) groups is 2. The molecule has 0 radical (unpaired) electrons. The average Bonchev–Trinajstić information content (AvgIpc) is 2.36. The Morgan fingerprint density at radius 3 is 2.65 bits per heavy atom. The van der Waals surface area contributed by atoms with Crippen LogP contribution in [0.25, 0.3) is 0 Å². The van der Waals surface area contributed by atoms with E-state index in [9.17, 15) is 9.59 Å². The second kappa shape index (κ2) is 6.65. The maximum atomic E-state index is 10.9. The number of carbonyl (C=O) groups excluding carboxylic acids is 2. The standard InChI is InChI=1S/C12H16N2O3/c1-9(2-7-12(16)14-13)17-11-5-3-10(8-15)4-6-11/h3-6,8-9H,2,7,13H2,1H3,(H,14,16). The van der Waals surface area contributed by atoms with Gasteiger partial charge in [-0.3, -0.25) is 15.0 Å². The number of hydrogen-bond donors (Lipinski definition) is 2. The zero-order valence-electron chi connectivity index (χ0n) is 9.68. The van der Waals surface area contributed by atoms with Crippen LogP contribution in [-0.2, 0) is 4.79 Å². The van der Waals surface area contributed by atoms with Crippen molar-refractivity contribution in [3.05, 3.63) is 29.8 Å². The summed E-state index contributed by atoms with van der Waals surface area (Å²) in [7, 11) is 0. The van der Waals surface area contributed by atoms with Gasteiger partial charge in [-0.25, -0.2) is 5.84 Å². The monoisotopic (exact) mass is 236 g/mol. The van der Waals surface area contributed by atoms with Gasteiger partial charge in [-0.05, 0) is 37.6 Å². The maximum Gasteiger partial charge on any atom is 0.234 e. The fraction of sp³-hybridized carbons (Fsp3) is 0.333. The predicted molar refractivity (Wildman–Crippen MR) is 63.5 cm³/mol. The van der Waals surface area contributed by atoms with Crippen molar-refractivity contribution in [2.45, 2.75) is 25.9 Å². The third-order valence-electron chi connectivity index (χ3n) is 2.29. The molecule has 5 heteroatoms. The number of ether oxygens (including phenoxy) is 1. The Bertz CT molecular complexity index is 376. The molecule has 0 aliphatic heterocycles. The van der Waals surface area contributed by atoms with Crippen molar-refractivity contribution in [1.82, 2.24) is 5.43 Å². The van der Waals surface area contributed by atoms with Crippen molar-refractivity contribution in [3.8, 4) is 5.75 Å². The summed E-state index contributed by atoms with van der Waals surface area (Å²) in [5.41, 5.74) is 2.67. The molecule has 1 aromatic rings. The van der Waals surface area contributed by atoms with E-state index in [0.717, 1.165) is 6.29 Å². The van der Waals surface area contributed by atoms with E-state index in [-0.39, 0.29) is 12.0 Å². The van der Waals surface area contributed by atoms with Gasteiger partial charge < -0.3 is 4.74 Å². The Labute approximate surface area is 99.9 Å². The van der Waals surface area contributed by atoms with Crippen LogP contribution < -0.4 is 16.0 Å². The second-order valence-electron chi connectivity index (χ2n) is 3.72. The number of hydrogen-bond acceptors (Lipinski definition) is 4. The molecule has 0 fully saturated rings. The summed E-state index contributed by atoms with van der Waals surface area (Å²) in [6, 6.07) is 6.82. The van der Waals surface area contributed by atoms with Crippen molar-refractivity contribution < 1.29 is 14.3 Å². The van der Waals surface area contributed by atoms with E-state index in [2.05, 4.69) is 5.43 Å². The summed E-state index contributed by atoms with van der Waals surface area (Å²) in [4.78, 5) is 21.4. The molecular formula is C12H16N2O3. The van der Waals surface area contributed by atoms with E-state index in [4.69, 9.17) is 10.6 Å². The number of benzene rings is 1. The summed E-state index contributed by atoms with van der Waals surface area (Å²) in [6.07, 6.45) is 1.59. The molecule has 0 saturated carbocycles. The quantitative estimate of drug-likeness (QED) is 0.334. The molecule has 17 heavy (non-hydrogen) atoms. The van der Waals surface area contributed by atoms with E-state index >= 15 is 0 Å². The van der Waals surface area contributed by atoms with Crippen LogP contribution in [0.15, 0.2) is 24.3 Å². The molecule has 0 heterocycles. The third-order valence-corrected chi connectivity index (χ3v) is 2.29. The smallest absolute Gasteiger partial charge is 0.234 e. The molecule has 1 atom stereocenters. The topological polar surface area (TPSA) is 81.4 Å². The van der Waals surface area contributed by atoms with Gasteiger partial charge in [0.25, 0.3) is 0 Å². The molecule has 0 aliphatic rings. The van der Waals surface area contributed by atoms with Crippen LogP contribution in [0.1, 0.15) is 30.1 Å². The molecule has 1 amide bonds. The maximum absolute atomic E-state index is 10.9. The summed E-state index contributed by atoms with van der Waals surface area (Å²) < 4.78 is 5.57. The lowest BCUT2D eigenvalue weighted by Gasteiger charge is -2.14. The van der Waals surface area contributed by atoms with Crippen molar-refractivity contribution in [1.29, 1.82) is 0 Å². The van der Waals surface area contributed by atoms with Crippen molar-refractivity contribution in [2.75, 3.05) is 0 Å². The van der Waals surface area contributed by atoms with E-state index < -0.39 is 0 Å². The summed E-state index contributed by atoms with van der Waals surface area (Å²) in [6.45, 7) is 1.87. The van der Waals surface area contributed by atoms with E-state index in [0.29, 0.717) is 24.2 Å². The SMILES string of the molecule is CC(CCC(=O)NN)Oc1ccc(C=O)cc1. The minimum Gasteiger partial charge on any atom is -0.491 e. The van der Waals surface area contributed by atoms with Gasteiger partial charge >= 0.3 is 0 Å². The van der Waals surface area contributed by atoms with Crippen molar-refractivity contribution >= 4 is 12.2 Å². The Morgan fingerprint density at radius 1 is 1.47 bits per heavy atom. The van der Waals surface area contributed by atoms with Crippen LogP contribution in [0.3, 0.4) is 0 Å². The van der Waals surface area contributed by atoms with Crippen LogP contribution in [0.2, 0.25) is 0 Å². The molecule has 0 saturated heterocycles. The van der Waals surface area contributed by atoms with Gasteiger partial charge in [-0.2, -0.15) is 0 Å². The fourth-order valence-electron chi connectivity index (χ4n) is 1.32. The molecule has 0 aromatic heterocycles. The van der Waals surface area contributed by atoms with Gasteiger partial charge in [0.15, 0.2) is 0 Å². The normalized spacial score (nSPS) is 11.6. The van der Waals surface area contributed by atoms with Crippen LogP contribution in [0.4, 0.5) is 0 Å². The Hall–Kier alpha value is -1.88. The largest absolute Gasteiger partial charge is 0.491 e. The first kappa shape index (κ1) is 13.2. The Kier molecular flexibility index (Phi) is 5.16. The molecular weight excluding hydrogens is 220 g/mol. The number of amides is 1. The first-order valence-electron chi connectivity index (χ1n) is 5.37. The molecule has 92 valence electrons. The lowest BCUT2D eigenvalue weighted by molar-refractivity contribution is -0.121. The van der Waals surface area contributed by atoms with Gasteiger partial charge in [-0.15, -0.1) is 0 Å². The first-order chi connectivity index (χ1) is 8.15. The second-order valence-corrected chi connectivity index (χ2v) is 3.72. The number of hydrazine groups is 1. The van der Waals surface area contributed by atoms with Crippen LogP contribution >= 0.6 is 0 Å². The van der Waals surface area contributed by atoms with Crippen molar-refractivity contribution in [3.63, 3.8) is 0 Å². The molecule has 0 aliphatic carbocycles. The third kappa shape index (κ3) is 4.65. The highest BCUT2D eigenvalue weighted by Gasteiger charge is 2.07. The van der Waals surface area contributed by atoms with Gasteiger partial charge in [0.05, 0.1) is 6.10 Å². The number of aldehydes is 1. The van der Waals surface area contributed by atoms with Gasteiger partial charge in [-0.1, -0.05) is 0 Å². The molecule has 0 bridgehead atoms. The Balaban J connectivity index is 2.41. The number of rotatable bonds is 6. The lowest BCUT2D eigenvalue weighted by atomic mass is 10.2.